The van der Waals surface area contributed by atoms with Gasteiger partial charge in [-0.05, 0) is 25.0 Å². The van der Waals surface area contributed by atoms with E-state index < -0.39 is 5.97 Å². The number of nitrogens with zero attached hydrogens (tertiary/aromatic N) is 3. The first kappa shape index (κ1) is 10.5. The molecule has 1 saturated heterocycles. The quantitative estimate of drug-likeness (QED) is 0.758. The summed E-state index contributed by atoms with van der Waals surface area (Å²) in [6.07, 6.45) is 1.82. The minimum absolute atomic E-state index is 0.0605. The smallest absolute Gasteiger partial charge is 0.356 e. The third kappa shape index (κ3) is 1.64. The lowest BCUT2D eigenvalue weighted by Gasteiger charge is -2.15. The van der Waals surface area contributed by atoms with E-state index in [4.69, 9.17) is 5.11 Å². The maximum absolute atomic E-state index is 10.6. The highest BCUT2D eigenvalue weighted by Crippen LogP contribution is 2.53. The molecule has 2 fully saturated rings. The fourth-order valence-corrected chi connectivity index (χ4v) is 2.39. The Morgan fingerprint density at radius 2 is 2.18 bits per heavy atom. The van der Waals surface area contributed by atoms with Crippen LogP contribution in [-0.4, -0.2) is 45.6 Å². The van der Waals surface area contributed by atoms with Gasteiger partial charge in [0.2, 0.25) is 0 Å². The molecule has 6 nitrogen and oxygen atoms in total. The molecule has 1 aromatic rings. The van der Waals surface area contributed by atoms with Crippen LogP contribution in [0.3, 0.4) is 0 Å². The Hall–Kier alpha value is -1.69. The van der Waals surface area contributed by atoms with Gasteiger partial charge >= 0.3 is 5.97 Å². The van der Waals surface area contributed by atoms with Crippen LogP contribution in [0.5, 0.6) is 0 Å². The average molecular weight is 235 g/mol. The Morgan fingerprint density at radius 3 is 2.65 bits per heavy atom. The van der Waals surface area contributed by atoms with Gasteiger partial charge in [0.15, 0.2) is 11.5 Å². The molecular formula is C11H13N3O3. The van der Waals surface area contributed by atoms with Crippen molar-refractivity contribution in [2.45, 2.75) is 18.9 Å². The van der Waals surface area contributed by atoms with Crippen LogP contribution in [0.15, 0.2) is 12.1 Å². The van der Waals surface area contributed by atoms with Crippen molar-refractivity contribution in [3.63, 3.8) is 0 Å². The van der Waals surface area contributed by atoms with Gasteiger partial charge in [-0.25, -0.2) is 4.79 Å². The largest absolute Gasteiger partial charge is 0.476 e. The van der Waals surface area contributed by atoms with Gasteiger partial charge < -0.3 is 15.1 Å². The molecule has 1 atom stereocenters. The summed E-state index contributed by atoms with van der Waals surface area (Å²) < 4.78 is 0. The Bertz CT molecular complexity index is 456. The second kappa shape index (κ2) is 3.40. The summed E-state index contributed by atoms with van der Waals surface area (Å²) in [6.45, 7) is 1.34. The molecule has 2 N–H and O–H groups in total. The number of β-amino-alcohol motifs (C(OH)–C–C–N with tert-alkyl or cyclic N) is 1. The number of carboxylic acid groups (broad SMARTS) is 1. The first-order valence-corrected chi connectivity index (χ1v) is 5.61. The summed E-state index contributed by atoms with van der Waals surface area (Å²) >= 11 is 0. The minimum Gasteiger partial charge on any atom is -0.476 e. The van der Waals surface area contributed by atoms with Crippen molar-refractivity contribution < 1.29 is 15.0 Å². The monoisotopic (exact) mass is 235 g/mol. The number of aromatic carboxylic acids is 1. The zero-order chi connectivity index (χ0) is 12.0. The van der Waals surface area contributed by atoms with Crippen molar-refractivity contribution in [1.29, 1.82) is 0 Å². The molecule has 6 heteroatoms. The summed E-state index contributed by atoms with van der Waals surface area (Å²) in [6, 6.07) is 3.08. The van der Waals surface area contributed by atoms with Gasteiger partial charge in [-0.15, -0.1) is 10.2 Å². The van der Waals surface area contributed by atoms with Gasteiger partial charge in [0, 0.05) is 18.5 Å². The van der Waals surface area contributed by atoms with E-state index in [-0.39, 0.29) is 17.2 Å². The molecule has 0 radical (unpaired) electrons. The minimum atomic E-state index is -1.08. The highest BCUT2D eigenvalue weighted by Gasteiger charge is 2.54. The summed E-state index contributed by atoms with van der Waals surface area (Å²) in [5.74, 6) is -0.443. The zero-order valence-corrected chi connectivity index (χ0v) is 9.20. The average Bonchev–Trinajstić information content (AvgIpc) is 3.01. The van der Waals surface area contributed by atoms with Gasteiger partial charge in [0.05, 0.1) is 6.10 Å². The number of aliphatic hydroxyl groups is 1. The molecule has 17 heavy (non-hydrogen) atoms. The third-order valence-electron chi connectivity index (χ3n) is 3.69. The number of carboxylic acids is 1. The third-order valence-corrected chi connectivity index (χ3v) is 3.69. The van der Waals surface area contributed by atoms with Gasteiger partial charge in [0.25, 0.3) is 0 Å². The topological polar surface area (TPSA) is 86.5 Å². The van der Waals surface area contributed by atoms with Gasteiger partial charge in [0.1, 0.15) is 0 Å². The maximum Gasteiger partial charge on any atom is 0.356 e. The molecular weight excluding hydrogens is 222 g/mol. The van der Waals surface area contributed by atoms with Crippen molar-refractivity contribution in [2.24, 2.45) is 5.41 Å². The molecule has 0 unspecified atom stereocenters. The second-order valence-corrected chi connectivity index (χ2v) is 4.84. The molecule has 3 rings (SSSR count). The molecule has 0 aromatic carbocycles. The molecule has 1 spiro atoms. The van der Waals surface area contributed by atoms with E-state index in [1.807, 2.05) is 4.90 Å². The van der Waals surface area contributed by atoms with Gasteiger partial charge in [-0.3, -0.25) is 0 Å². The van der Waals surface area contributed by atoms with Crippen molar-refractivity contribution in [3.8, 4) is 0 Å². The van der Waals surface area contributed by atoms with Crippen LogP contribution in [0.1, 0.15) is 23.3 Å². The van der Waals surface area contributed by atoms with Crippen molar-refractivity contribution in [1.82, 2.24) is 10.2 Å². The Labute approximate surface area is 97.9 Å². The van der Waals surface area contributed by atoms with Crippen LogP contribution < -0.4 is 4.90 Å². The molecule has 0 bridgehead atoms. The van der Waals surface area contributed by atoms with E-state index >= 15 is 0 Å². The summed E-state index contributed by atoms with van der Waals surface area (Å²) in [5, 5.41) is 26.2. The van der Waals surface area contributed by atoms with Crippen molar-refractivity contribution >= 4 is 11.8 Å². The standard InChI is InChI=1S/C11H13N3O3/c15-8-5-14(6-11(8)3-4-11)9-2-1-7(10(16)17)12-13-9/h1-2,8,15H,3-6H2,(H,16,17)/t8-/m0/s1. The molecule has 1 aliphatic carbocycles. The maximum atomic E-state index is 10.6. The van der Waals surface area contributed by atoms with Crippen molar-refractivity contribution in [3.05, 3.63) is 17.8 Å². The molecule has 90 valence electrons. The number of hydrogen-bond donors (Lipinski definition) is 2. The van der Waals surface area contributed by atoms with Crippen LogP contribution >= 0.6 is 0 Å². The van der Waals surface area contributed by atoms with Crippen LogP contribution in [-0.2, 0) is 0 Å². The van der Waals surface area contributed by atoms with E-state index in [1.54, 1.807) is 6.07 Å². The fraction of sp³-hybridized carbons (Fsp3) is 0.545. The van der Waals surface area contributed by atoms with Crippen LogP contribution in [0.4, 0.5) is 5.82 Å². The molecule has 1 aliphatic heterocycles. The summed E-state index contributed by atoms with van der Waals surface area (Å²) in [4.78, 5) is 12.6. The summed E-state index contributed by atoms with van der Waals surface area (Å²) in [5.41, 5.74) is 0.00212. The van der Waals surface area contributed by atoms with E-state index in [2.05, 4.69) is 10.2 Å². The first-order valence-electron chi connectivity index (χ1n) is 5.61. The number of hydrogen-bond acceptors (Lipinski definition) is 5. The van der Waals surface area contributed by atoms with Crippen LogP contribution in [0.25, 0.3) is 0 Å². The predicted molar refractivity (Wildman–Crippen MR) is 58.9 cm³/mol. The van der Waals surface area contributed by atoms with E-state index in [1.165, 1.54) is 6.07 Å². The summed E-state index contributed by atoms with van der Waals surface area (Å²) in [7, 11) is 0. The Balaban J connectivity index is 1.79. The molecule has 1 aromatic heterocycles. The molecule has 0 amide bonds. The number of aliphatic hydroxyl groups excluding tert-OH is 1. The highest BCUT2D eigenvalue weighted by atomic mass is 16.4. The number of rotatable bonds is 2. The van der Waals surface area contributed by atoms with E-state index in [9.17, 15) is 9.90 Å². The lowest BCUT2D eigenvalue weighted by atomic mass is 10.0. The number of carbonyl (C=O) groups is 1. The fourth-order valence-electron chi connectivity index (χ4n) is 2.39. The lowest BCUT2D eigenvalue weighted by molar-refractivity contribution is 0.0689. The Morgan fingerprint density at radius 1 is 1.41 bits per heavy atom. The SMILES string of the molecule is O=C(O)c1ccc(N2C[C@H](O)C3(CC3)C2)nn1. The van der Waals surface area contributed by atoms with Crippen molar-refractivity contribution in [2.75, 3.05) is 18.0 Å². The zero-order valence-electron chi connectivity index (χ0n) is 9.20. The predicted octanol–water partition coefficient (Wildman–Crippen LogP) is 0.136. The molecule has 1 saturated carbocycles. The normalized spacial score (nSPS) is 25.2. The van der Waals surface area contributed by atoms with E-state index in [0.717, 1.165) is 19.4 Å². The molecule has 2 heterocycles. The molecule has 2 aliphatic rings. The van der Waals surface area contributed by atoms with Gasteiger partial charge in [-0.1, -0.05) is 0 Å². The van der Waals surface area contributed by atoms with Gasteiger partial charge in [-0.2, -0.15) is 0 Å². The number of aromatic nitrogens is 2. The van der Waals surface area contributed by atoms with Crippen LogP contribution in [0.2, 0.25) is 0 Å². The highest BCUT2D eigenvalue weighted by molar-refractivity contribution is 5.85. The Kier molecular flexibility index (Phi) is 2.09. The first-order chi connectivity index (χ1) is 8.11. The number of anilines is 1. The lowest BCUT2D eigenvalue weighted by Crippen LogP contribution is -2.22. The van der Waals surface area contributed by atoms with Crippen LogP contribution in [0, 0.1) is 5.41 Å². The van der Waals surface area contributed by atoms with E-state index in [0.29, 0.717) is 12.4 Å². The second-order valence-electron chi connectivity index (χ2n) is 4.84.